The molecule has 1 aromatic carbocycles. The molecule has 1 aliphatic rings. The van der Waals surface area contributed by atoms with E-state index in [1.54, 1.807) is 4.90 Å². The molecule has 0 unspecified atom stereocenters. The third-order valence-electron chi connectivity index (χ3n) is 3.97. The van der Waals surface area contributed by atoms with Gasteiger partial charge in [-0.25, -0.2) is 4.79 Å². The van der Waals surface area contributed by atoms with Gasteiger partial charge in [-0.15, -0.1) is 0 Å². The normalized spacial score (nSPS) is 16.8. The Kier molecular flexibility index (Phi) is 5.69. The van der Waals surface area contributed by atoms with E-state index in [1.165, 1.54) is 12.8 Å². The summed E-state index contributed by atoms with van der Waals surface area (Å²) in [5.74, 6) is 0. The van der Waals surface area contributed by atoms with E-state index in [4.69, 9.17) is 9.47 Å². The van der Waals surface area contributed by atoms with Crippen molar-refractivity contribution in [3.05, 3.63) is 35.9 Å². The number of ether oxygens (including phenoxy) is 2. The van der Waals surface area contributed by atoms with Crippen molar-refractivity contribution in [1.82, 2.24) is 4.90 Å². The highest BCUT2D eigenvalue weighted by atomic mass is 16.6. The Morgan fingerprint density at radius 3 is 2.39 bits per heavy atom. The molecule has 1 aromatic rings. The van der Waals surface area contributed by atoms with Crippen LogP contribution in [0.2, 0.25) is 0 Å². The number of benzene rings is 1. The van der Waals surface area contributed by atoms with Crippen molar-refractivity contribution in [2.24, 2.45) is 0 Å². The van der Waals surface area contributed by atoms with Crippen molar-refractivity contribution < 1.29 is 14.3 Å². The van der Waals surface area contributed by atoms with Gasteiger partial charge >= 0.3 is 6.09 Å². The molecule has 0 aliphatic carbocycles. The molecule has 128 valence electrons. The van der Waals surface area contributed by atoms with Crippen LogP contribution in [0.1, 0.15) is 52.5 Å². The number of carbonyl (C=O) groups is 1. The summed E-state index contributed by atoms with van der Waals surface area (Å²) in [6, 6.07) is 10.2. The zero-order chi connectivity index (χ0) is 16.9. The maximum atomic E-state index is 12.2. The van der Waals surface area contributed by atoms with Gasteiger partial charge in [-0.3, -0.25) is 0 Å². The summed E-state index contributed by atoms with van der Waals surface area (Å²) in [5.41, 5.74) is 0.284. The topological polar surface area (TPSA) is 38.8 Å². The summed E-state index contributed by atoms with van der Waals surface area (Å²) < 4.78 is 11.7. The molecule has 0 radical (unpaired) electrons. The first-order valence-corrected chi connectivity index (χ1v) is 8.54. The molecule has 1 aliphatic heterocycles. The van der Waals surface area contributed by atoms with Gasteiger partial charge in [0, 0.05) is 6.61 Å². The van der Waals surface area contributed by atoms with Crippen LogP contribution in [-0.2, 0) is 15.1 Å². The number of hydrogen-bond donors (Lipinski definition) is 0. The van der Waals surface area contributed by atoms with Gasteiger partial charge in [0.2, 0.25) is 0 Å². The zero-order valence-electron chi connectivity index (χ0n) is 14.8. The van der Waals surface area contributed by atoms with Gasteiger partial charge in [0.05, 0.1) is 13.1 Å². The lowest BCUT2D eigenvalue weighted by molar-refractivity contribution is -0.146. The molecule has 1 fully saturated rings. The van der Waals surface area contributed by atoms with Crippen LogP contribution >= 0.6 is 0 Å². The van der Waals surface area contributed by atoms with E-state index < -0.39 is 5.60 Å². The first-order chi connectivity index (χ1) is 10.9. The second kappa shape index (κ2) is 7.35. The summed E-state index contributed by atoms with van der Waals surface area (Å²) >= 11 is 0. The summed E-state index contributed by atoms with van der Waals surface area (Å²) in [7, 11) is 0. The van der Waals surface area contributed by atoms with Crippen LogP contribution in [-0.4, -0.2) is 36.3 Å². The molecule has 4 nitrogen and oxygen atoms in total. The standard InChI is InChI=1S/C19H29NO3/c1-5-6-10-13-22-19(16-11-8-7-9-12-16)14-20(15-19)17(21)23-18(2,3)4/h7-9,11-12H,5-6,10,13-15H2,1-4H3. The Balaban J connectivity index is 2.00. The summed E-state index contributed by atoms with van der Waals surface area (Å²) in [6.45, 7) is 9.67. The van der Waals surface area contributed by atoms with Gasteiger partial charge in [0.1, 0.15) is 11.2 Å². The van der Waals surface area contributed by atoms with Crippen molar-refractivity contribution in [2.45, 2.75) is 58.2 Å². The zero-order valence-corrected chi connectivity index (χ0v) is 14.8. The molecular formula is C19H29NO3. The second-order valence-corrected chi connectivity index (χ2v) is 7.25. The Hall–Kier alpha value is -1.55. The van der Waals surface area contributed by atoms with Gasteiger partial charge in [0.15, 0.2) is 0 Å². The first kappa shape index (κ1) is 17.8. The number of likely N-dealkylation sites (tertiary alicyclic amines) is 1. The van der Waals surface area contributed by atoms with E-state index in [2.05, 4.69) is 19.1 Å². The Labute approximate surface area is 139 Å². The number of unbranched alkanes of at least 4 members (excludes halogenated alkanes) is 2. The molecule has 23 heavy (non-hydrogen) atoms. The molecule has 4 heteroatoms. The lowest BCUT2D eigenvalue weighted by atomic mass is 9.86. The average molecular weight is 319 g/mol. The van der Waals surface area contributed by atoms with E-state index in [-0.39, 0.29) is 11.7 Å². The number of carbonyl (C=O) groups excluding carboxylic acids is 1. The van der Waals surface area contributed by atoms with E-state index >= 15 is 0 Å². The van der Waals surface area contributed by atoms with Gasteiger partial charge < -0.3 is 14.4 Å². The predicted molar refractivity (Wildman–Crippen MR) is 91.4 cm³/mol. The van der Waals surface area contributed by atoms with Crippen LogP contribution in [0, 0.1) is 0 Å². The SMILES string of the molecule is CCCCCOC1(c2ccccc2)CN(C(=O)OC(C)(C)C)C1. The van der Waals surface area contributed by atoms with E-state index in [0.717, 1.165) is 18.6 Å². The fraction of sp³-hybridized carbons (Fsp3) is 0.632. The van der Waals surface area contributed by atoms with Crippen LogP contribution in [0.5, 0.6) is 0 Å². The maximum Gasteiger partial charge on any atom is 0.410 e. The van der Waals surface area contributed by atoms with Crippen LogP contribution in [0.4, 0.5) is 4.79 Å². The first-order valence-electron chi connectivity index (χ1n) is 8.54. The smallest absolute Gasteiger partial charge is 0.410 e. The molecule has 0 saturated carbocycles. The minimum atomic E-state index is -0.468. The van der Waals surface area contributed by atoms with Crippen molar-refractivity contribution in [1.29, 1.82) is 0 Å². The maximum absolute atomic E-state index is 12.2. The highest BCUT2D eigenvalue weighted by molar-refractivity contribution is 5.70. The van der Waals surface area contributed by atoms with E-state index in [9.17, 15) is 4.79 Å². The van der Waals surface area contributed by atoms with Crippen LogP contribution < -0.4 is 0 Å². The predicted octanol–water partition coefficient (Wildman–Crippen LogP) is 4.34. The van der Waals surface area contributed by atoms with Crippen molar-refractivity contribution >= 4 is 6.09 Å². The van der Waals surface area contributed by atoms with Crippen LogP contribution in [0.3, 0.4) is 0 Å². The number of hydrogen-bond acceptors (Lipinski definition) is 3. The van der Waals surface area contributed by atoms with E-state index in [0.29, 0.717) is 13.1 Å². The molecule has 2 rings (SSSR count). The lowest BCUT2D eigenvalue weighted by Gasteiger charge is -2.49. The van der Waals surface area contributed by atoms with Crippen LogP contribution in [0.25, 0.3) is 0 Å². The molecule has 0 N–H and O–H groups in total. The minimum Gasteiger partial charge on any atom is -0.444 e. The fourth-order valence-corrected chi connectivity index (χ4v) is 2.74. The fourth-order valence-electron chi connectivity index (χ4n) is 2.74. The average Bonchev–Trinajstić information content (AvgIpc) is 2.44. The molecule has 0 spiro atoms. The number of nitrogens with zero attached hydrogens (tertiary/aromatic N) is 1. The highest BCUT2D eigenvalue weighted by Gasteiger charge is 2.48. The van der Waals surface area contributed by atoms with Crippen molar-refractivity contribution in [3.8, 4) is 0 Å². The molecule has 1 amide bonds. The van der Waals surface area contributed by atoms with Crippen molar-refractivity contribution in [2.75, 3.05) is 19.7 Å². The Morgan fingerprint density at radius 2 is 1.83 bits per heavy atom. The van der Waals surface area contributed by atoms with Gasteiger partial charge in [-0.05, 0) is 32.8 Å². The summed E-state index contributed by atoms with van der Waals surface area (Å²) in [6.07, 6.45) is 3.13. The largest absolute Gasteiger partial charge is 0.444 e. The second-order valence-electron chi connectivity index (χ2n) is 7.25. The van der Waals surface area contributed by atoms with E-state index in [1.807, 2.05) is 39.0 Å². The summed E-state index contributed by atoms with van der Waals surface area (Å²) in [4.78, 5) is 13.9. The lowest BCUT2D eigenvalue weighted by Crippen LogP contribution is -2.63. The highest BCUT2D eigenvalue weighted by Crippen LogP contribution is 2.37. The molecular weight excluding hydrogens is 290 g/mol. The third kappa shape index (κ3) is 4.71. The molecule has 0 atom stereocenters. The van der Waals surface area contributed by atoms with Gasteiger partial charge in [-0.2, -0.15) is 0 Å². The molecule has 1 heterocycles. The Bertz CT molecular complexity index is 501. The third-order valence-corrected chi connectivity index (χ3v) is 3.97. The number of amides is 1. The quantitative estimate of drug-likeness (QED) is 0.732. The molecule has 0 aromatic heterocycles. The van der Waals surface area contributed by atoms with Crippen LogP contribution in [0.15, 0.2) is 30.3 Å². The number of rotatable bonds is 6. The monoisotopic (exact) mass is 319 g/mol. The molecule has 1 saturated heterocycles. The summed E-state index contributed by atoms with van der Waals surface area (Å²) in [5, 5.41) is 0. The molecule has 0 bridgehead atoms. The minimum absolute atomic E-state index is 0.263. The van der Waals surface area contributed by atoms with Crippen molar-refractivity contribution in [3.63, 3.8) is 0 Å². The van der Waals surface area contributed by atoms with Gasteiger partial charge in [-0.1, -0.05) is 50.1 Å². The van der Waals surface area contributed by atoms with Gasteiger partial charge in [0.25, 0.3) is 0 Å². The Morgan fingerprint density at radius 1 is 1.17 bits per heavy atom.